The molecule has 2 aliphatic heterocycles. The van der Waals surface area contributed by atoms with Gasteiger partial charge in [-0.2, -0.15) is 0 Å². The Morgan fingerprint density at radius 1 is 0.931 bits per heavy atom. The van der Waals surface area contributed by atoms with Crippen molar-refractivity contribution in [1.82, 2.24) is 14.8 Å². The summed E-state index contributed by atoms with van der Waals surface area (Å²) in [6.45, 7) is 5.29. The number of carbonyl (C=O) groups is 1. The van der Waals surface area contributed by atoms with Crippen LogP contribution < -0.4 is 0 Å². The lowest BCUT2D eigenvalue weighted by molar-refractivity contribution is -0.130. The molecule has 2 fully saturated rings. The predicted molar refractivity (Wildman–Crippen MR) is 117 cm³/mol. The fourth-order valence-corrected chi connectivity index (χ4v) is 4.65. The molecule has 0 N–H and O–H groups in total. The first kappa shape index (κ1) is 20.1. The molecule has 1 amide bonds. The Bertz CT molecular complexity index is 760. The first-order valence-electron chi connectivity index (χ1n) is 11.2. The molecule has 1 aromatic heterocycles. The number of rotatable bonds is 7. The number of carbonyl (C=O) groups excluding carboxylic acids is 1. The molecule has 0 aliphatic carbocycles. The molecule has 2 aliphatic rings. The zero-order valence-electron chi connectivity index (χ0n) is 17.4. The summed E-state index contributed by atoms with van der Waals surface area (Å²) in [6, 6.07) is 13.2. The first-order valence-corrected chi connectivity index (χ1v) is 11.2. The van der Waals surface area contributed by atoms with Crippen molar-refractivity contribution in [3.05, 3.63) is 65.5 Å². The molecule has 4 nitrogen and oxygen atoms in total. The molecule has 0 spiro atoms. The normalized spacial score (nSPS) is 18.3. The molecular formula is C25H33N3O. The van der Waals surface area contributed by atoms with Gasteiger partial charge in [0.25, 0.3) is 0 Å². The van der Waals surface area contributed by atoms with Gasteiger partial charge in [-0.15, -0.1) is 0 Å². The average molecular weight is 392 g/mol. The van der Waals surface area contributed by atoms with E-state index in [1.54, 1.807) is 0 Å². The molecule has 0 atom stereocenters. The fraction of sp³-hybridized carbons (Fsp3) is 0.520. The summed E-state index contributed by atoms with van der Waals surface area (Å²) in [6.07, 6.45) is 11.4. The number of piperidine rings is 1. The number of likely N-dealkylation sites (tertiary alicyclic amines) is 2. The SMILES string of the molecule is O=C(CCc1ccc(CC2CCN(Cc3cccnc3)CC2)cc1)N1CCCC1. The van der Waals surface area contributed by atoms with Crippen LogP contribution in [0.1, 0.15) is 48.8 Å². The number of aromatic nitrogens is 1. The highest BCUT2D eigenvalue weighted by molar-refractivity contribution is 5.76. The first-order chi connectivity index (χ1) is 14.3. The maximum Gasteiger partial charge on any atom is 0.222 e. The minimum absolute atomic E-state index is 0.324. The number of amides is 1. The predicted octanol–water partition coefficient (Wildman–Crippen LogP) is 4.09. The van der Waals surface area contributed by atoms with E-state index >= 15 is 0 Å². The summed E-state index contributed by atoms with van der Waals surface area (Å²) in [5.74, 6) is 1.10. The van der Waals surface area contributed by atoms with Crippen LogP contribution in [0.4, 0.5) is 0 Å². The number of pyridine rings is 1. The van der Waals surface area contributed by atoms with Gasteiger partial charge in [0.15, 0.2) is 0 Å². The molecule has 154 valence electrons. The topological polar surface area (TPSA) is 36.4 Å². The molecule has 0 radical (unpaired) electrons. The van der Waals surface area contributed by atoms with Crippen LogP contribution in [-0.4, -0.2) is 46.9 Å². The van der Waals surface area contributed by atoms with Crippen LogP contribution in [0.2, 0.25) is 0 Å². The highest BCUT2D eigenvalue weighted by Crippen LogP contribution is 2.23. The van der Waals surface area contributed by atoms with Crippen molar-refractivity contribution >= 4 is 5.91 Å². The largest absolute Gasteiger partial charge is 0.343 e. The van der Waals surface area contributed by atoms with Crippen molar-refractivity contribution in [3.8, 4) is 0 Å². The van der Waals surface area contributed by atoms with Gasteiger partial charge >= 0.3 is 0 Å². The van der Waals surface area contributed by atoms with E-state index in [1.165, 1.54) is 61.9 Å². The van der Waals surface area contributed by atoms with Crippen molar-refractivity contribution in [1.29, 1.82) is 0 Å². The Balaban J connectivity index is 1.19. The van der Waals surface area contributed by atoms with Crippen LogP contribution in [0.5, 0.6) is 0 Å². The van der Waals surface area contributed by atoms with E-state index in [0.29, 0.717) is 12.3 Å². The van der Waals surface area contributed by atoms with E-state index in [-0.39, 0.29) is 0 Å². The van der Waals surface area contributed by atoms with Gasteiger partial charge < -0.3 is 4.90 Å². The highest BCUT2D eigenvalue weighted by Gasteiger charge is 2.20. The molecule has 3 heterocycles. The van der Waals surface area contributed by atoms with Gasteiger partial charge in [-0.3, -0.25) is 14.7 Å². The third kappa shape index (κ3) is 5.89. The molecule has 1 aromatic carbocycles. The van der Waals surface area contributed by atoms with Crippen LogP contribution in [0.25, 0.3) is 0 Å². The second kappa shape index (κ2) is 10.0. The Labute approximate surface area is 174 Å². The van der Waals surface area contributed by atoms with E-state index in [4.69, 9.17) is 0 Å². The third-order valence-corrected chi connectivity index (χ3v) is 6.47. The molecule has 4 rings (SSSR count). The summed E-state index contributed by atoms with van der Waals surface area (Å²) in [5.41, 5.74) is 4.03. The number of benzene rings is 1. The highest BCUT2D eigenvalue weighted by atomic mass is 16.2. The van der Waals surface area contributed by atoms with E-state index in [2.05, 4.69) is 40.2 Å². The Morgan fingerprint density at radius 3 is 2.34 bits per heavy atom. The number of hydrogen-bond donors (Lipinski definition) is 0. The summed E-state index contributed by atoms with van der Waals surface area (Å²) < 4.78 is 0. The Morgan fingerprint density at radius 2 is 1.66 bits per heavy atom. The van der Waals surface area contributed by atoms with E-state index in [1.807, 2.05) is 23.4 Å². The van der Waals surface area contributed by atoms with Gasteiger partial charge in [0.1, 0.15) is 0 Å². The number of nitrogens with zero attached hydrogens (tertiary/aromatic N) is 3. The van der Waals surface area contributed by atoms with Crippen molar-refractivity contribution in [2.24, 2.45) is 5.92 Å². The standard InChI is InChI=1S/C25H33N3O/c29-25(28-14-1-2-15-28)10-9-21-5-7-22(8-6-21)18-23-11-16-27(17-12-23)20-24-4-3-13-26-19-24/h3-8,13,19,23H,1-2,9-12,14-18,20H2. The molecular weight excluding hydrogens is 358 g/mol. The second-order valence-corrected chi connectivity index (χ2v) is 8.69. The molecule has 4 heteroatoms. The summed E-state index contributed by atoms with van der Waals surface area (Å²) in [7, 11) is 0. The van der Waals surface area contributed by atoms with Crippen LogP contribution in [0, 0.1) is 5.92 Å². The smallest absolute Gasteiger partial charge is 0.222 e. The van der Waals surface area contributed by atoms with E-state index in [0.717, 1.165) is 32.0 Å². The minimum Gasteiger partial charge on any atom is -0.343 e. The Hall–Kier alpha value is -2.20. The molecule has 0 saturated carbocycles. The number of aryl methyl sites for hydroxylation is 1. The van der Waals surface area contributed by atoms with Crippen molar-refractivity contribution < 1.29 is 4.79 Å². The maximum absolute atomic E-state index is 12.2. The van der Waals surface area contributed by atoms with Gasteiger partial charge in [-0.05, 0) is 80.3 Å². The average Bonchev–Trinajstić information content (AvgIpc) is 3.30. The molecule has 29 heavy (non-hydrogen) atoms. The third-order valence-electron chi connectivity index (χ3n) is 6.47. The molecule has 0 bridgehead atoms. The molecule has 0 unspecified atom stereocenters. The quantitative estimate of drug-likeness (QED) is 0.713. The van der Waals surface area contributed by atoms with Gasteiger partial charge in [-0.25, -0.2) is 0 Å². The van der Waals surface area contributed by atoms with Crippen LogP contribution >= 0.6 is 0 Å². The molecule has 2 saturated heterocycles. The molecule has 2 aromatic rings. The van der Waals surface area contributed by atoms with Crippen molar-refractivity contribution in [2.75, 3.05) is 26.2 Å². The van der Waals surface area contributed by atoms with Gasteiger partial charge in [0, 0.05) is 38.4 Å². The van der Waals surface area contributed by atoms with Crippen molar-refractivity contribution in [2.45, 2.75) is 51.5 Å². The zero-order chi connectivity index (χ0) is 19.9. The monoisotopic (exact) mass is 391 g/mol. The summed E-state index contributed by atoms with van der Waals surface area (Å²) >= 11 is 0. The van der Waals surface area contributed by atoms with Crippen LogP contribution in [0.3, 0.4) is 0 Å². The lowest BCUT2D eigenvalue weighted by Gasteiger charge is -2.32. The van der Waals surface area contributed by atoms with E-state index in [9.17, 15) is 4.79 Å². The van der Waals surface area contributed by atoms with Crippen LogP contribution in [-0.2, 0) is 24.2 Å². The van der Waals surface area contributed by atoms with Crippen LogP contribution in [0.15, 0.2) is 48.8 Å². The van der Waals surface area contributed by atoms with E-state index < -0.39 is 0 Å². The lowest BCUT2D eigenvalue weighted by atomic mass is 9.89. The zero-order valence-corrected chi connectivity index (χ0v) is 17.4. The summed E-state index contributed by atoms with van der Waals surface area (Å²) in [4.78, 5) is 21.0. The van der Waals surface area contributed by atoms with Gasteiger partial charge in [-0.1, -0.05) is 30.3 Å². The lowest BCUT2D eigenvalue weighted by Crippen LogP contribution is -2.33. The Kier molecular flexibility index (Phi) is 6.94. The number of hydrogen-bond acceptors (Lipinski definition) is 3. The van der Waals surface area contributed by atoms with Gasteiger partial charge in [0.05, 0.1) is 0 Å². The maximum atomic E-state index is 12.2. The summed E-state index contributed by atoms with van der Waals surface area (Å²) in [5, 5.41) is 0. The van der Waals surface area contributed by atoms with Crippen molar-refractivity contribution in [3.63, 3.8) is 0 Å². The minimum atomic E-state index is 0.324. The fourth-order valence-electron chi connectivity index (χ4n) is 4.65. The van der Waals surface area contributed by atoms with Gasteiger partial charge in [0.2, 0.25) is 5.91 Å². The second-order valence-electron chi connectivity index (χ2n) is 8.69.